The number of rotatable bonds is 39. The average Bonchev–Trinajstić information content (AvgIpc) is 3.09. The third kappa shape index (κ3) is 32.2. The molecule has 0 unspecified atom stereocenters. The van der Waals surface area contributed by atoms with Crippen LogP contribution in [0.15, 0.2) is 32.9 Å². The molecular weight excluding hydrogens is 637 g/mol. The first-order valence-electron chi connectivity index (χ1n) is 21.8. The van der Waals surface area contributed by atoms with Gasteiger partial charge in [0.25, 0.3) is 0 Å². The summed E-state index contributed by atoms with van der Waals surface area (Å²) >= 11 is 6.37. The van der Waals surface area contributed by atoms with Gasteiger partial charge in [0, 0.05) is 14.7 Å². The van der Waals surface area contributed by atoms with Crippen LogP contribution in [0.1, 0.15) is 233 Å². The topological polar surface area (TPSA) is 0 Å². The predicted molar refractivity (Wildman–Crippen MR) is 228 cm³/mol. The largest absolute Gasteiger partial charge is 0.126 e. The highest BCUT2D eigenvalue weighted by Gasteiger charge is 2.05. The number of hydrogen-bond donors (Lipinski definition) is 0. The molecule has 48 heavy (non-hydrogen) atoms. The van der Waals surface area contributed by atoms with E-state index in [4.69, 9.17) is 0 Å². The molecule has 1 aromatic carbocycles. The van der Waals surface area contributed by atoms with Crippen molar-refractivity contribution in [1.82, 2.24) is 0 Å². The monoisotopic (exact) mass is 721 g/mol. The van der Waals surface area contributed by atoms with Crippen LogP contribution in [0.4, 0.5) is 0 Å². The smallest absolute Gasteiger partial charge is 0.00942 e. The van der Waals surface area contributed by atoms with Gasteiger partial charge in [0.05, 0.1) is 0 Å². The van der Waals surface area contributed by atoms with Crippen molar-refractivity contribution >= 4 is 35.3 Å². The molecule has 0 saturated heterocycles. The van der Waals surface area contributed by atoms with E-state index in [0.29, 0.717) is 0 Å². The highest BCUT2D eigenvalue weighted by Crippen LogP contribution is 2.33. The van der Waals surface area contributed by atoms with E-state index in [0.717, 1.165) is 0 Å². The Bertz CT molecular complexity index is 650. The zero-order valence-electron chi connectivity index (χ0n) is 32.9. The molecule has 0 radical (unpaired) electrons. The van der Waals surface area contributed by atoms with Crippen molar-refractivity contribution in [2.24, 2.45) is 0 Å². The molecule has 0 N–H and O–H groups in total. The highest BCUT2D eigenvalue weighted by molar-refractivity contribution is 8.00. The summed E-state index contributed by atoms with van der Waals surface area (Å²) < 4.78 is 0. The molecule has 3 heteroatoms. The maximum Gasteiger partial charge on any atom is 0.00942 e. The minimum atomic E-state index is 1.28. The van der Waals surface area contributed by atoms with Crippen LogP contribution in [0.25, 0.3) is 0 Å². The molecule has 0 heterocycles. The van der Waals surface area contributed by atoms with E-state index in [1.807, 2.05) is 0 Å². The van der Waals surface area contributed by atoms with Gasteiger partial charge in [-0.15, -0.1) is 35.3 Å². The highest BCUT2D eigenvalue weighted by atomic mass is 32.2. The number of unbranched alkanes of at least 4 members (excludes halogenated alkanes) is 30. The van der Waals surface area contributed by atoms with Crippen LogP contribution in [0, 0.1) is 0 Å². The van der Waals surface area contributed by atoms with Crippen molar-refractivity contribution in [3.8, 4) is 0 Å². The first-order valence-corrected chi connectivity index (χ1v) is 24.8. The molecule has 0 spiro atoms. The van der Waals surface area contributed by atoms with Gasteiger partial charge >= 0.3 is 0 Å². The van der Waals surface area contributed by atoms with Gasteiger partial charge in [-0.25, -0.2) is 0 Å². The van der Waals surface area contributed by atoms with Gasteiger partial charge in [0.1, 0.15) is 0 Å². The molecule has 0 aliphatic rings. The SMILES string of the molecule is CCCCCCCCCCCCCSc1cc(SCCCCCCCCCCCCC)cc(SCCCCCCCCCCCCC)c1. The first kappa shape index (κ1) is 46.3. The second-order valence-electron chi connectivity index (χ2n) is 14.8. The lowest BCUT2D eigenvalue weighted by molar-refractivity contribution is 0.555. The standard InChI is InChI=1S/C45H84S3/c1-4-7-10-13-16-19-22-25-28-31-34-37-46-43-40-44(47-38-35-32-29-26-23-20-17-14-11-8-5-2)42-45(41-43)48-39-36-33-30-27-24-21-18-15-12-9-6-3/h40-42H,4-39H2,1-3H3. The Morgan fingerprint density at radius 3 is 0.604 bits per heavy atom. The van der Waals surface area contributed by atoms with Crippen LogP contribution in [0.3, 0.4) is 0 Å². The number of thioether (sulfide) groups is 3. The van der Waals surface area contributed by atoms with Gasteiger partial charge in [-0.05, 0) is 54.7 Å². The van der Waals surface area contributed by atoms with Crippen LogP contribution in [0.2, 0.25) is 0 Å². The zero-order chi connectivity index (χ0) is 34.4. The molecule has 1 aromatic rings. The molecule has 1 rings (SSSR count). The summed E-state index contributed by atoms with van der Waals surface area (Å²) in [7, 11) is 0. The van der Waals surface area contributed by atoms with E-state index in [1.54, 1.807) is 0 Å². The molecular formula is C45H84S3. The molecule has 0 nitrogen and oxygen atoms in total. The molecule has 0 aromatic heterocycles. The normalized spacial score (nSPS) is 11.6. The Balaban J connectivity index is 2.32. The van der Waals surface area contributed by atoms with Crippen LogP contribution in [-0.2, 0) is 0 Å². The van der Waals surface area contributed by atoms with Gasteiger partial charge in [0.15, 0.2) is 0 Å². The van der Waals surface area contributed by atoms with E-state index in [-0.39, 0.29) is 0 Å². The minimum Gasteiger partial charge on any atom is -0.126 e. The Hall–Kier alpha value is 0.270. The molecule has 0 amide bonds. The summed E-state index contributed by atoms with van der Waals surface area (Å²) in [6.45, 7) is 6.94. The lowest BCUT2D eigenvalue weighted by Gasteiger charge is -2.10. The van der Waals surface area contributed by atoms with Crippen molar-refractivity contribution < 1.29 is 0 Å². The third-order valence-corrected chi connectivity index (χ3v) is 13.1. The molecule has 0 aliphatic carbocycles. The number of hydrogen-bond acceptors (Lipinski definition) is 3. The van der Waals surface area contributed by atoms with Crippen LogP contribution in [-0.4, -0.2) is 17.3 Å². The summed E-state index contributed by atoms with van der Waals surface area (Å²) in [5.41, 5.74) is 0. The zero-order valence-corrected chi connectivity index (χ0v) is 35.4. The Morgan fingerprint density at radius 2 is 0.417 bits per heavy atom. The number of benzene rings is 1. The molecule has 0 fully saturated rings. The van der Waals surface area contributed by atoms with Gasteiger partial charge in [-0.2, -0.15) is 0 Å². The molecule has 0 saturated carbocycles. The van der Waals surface area contributed by atoms with Crippen molar-refractivity contribution in [2.45, 2.75) is 247 Å². The van der Waals surface area contributed by atoms with Crippen LogP contribution < -0.4 is 0 Å². The van der Waals surface area contributed by atoms with E-state index in [1.165, 1.54) is 244 Å². The fourth-order valence-corrected chi connectivity index (χ4v) is 9.90. The third-order valence-electron chi connectivity index (χ3n) is 9.90. The van der Waals surface area contributed by atoms with Gasteiger partial charge < -0.3 is 0 Å². The quantitative estimate of drug-likeness (QED) is 0.0491. The van der Waals surface area contributed by atoms with Crippen molar-refractivity contribution in [3.05, 3.63) is 18.2 Å². The summed E-state index contributed by atoms with van der Waals surface area (Å²) in [4.78, 5) is 4.56. The first-order chi connectivity index (χ1) is 23.8. The molecule has 0 bridgehead atoms. The van der Waals surface area contributed by atoms with E-state index in [2.05, 4.69) is 74.3 Å². The second kappa shape index (κ2) is 38.5. The minimum absolute atomic E-state index is 1.28. The van der Waals surface area contributed by atoms with Crippen molar-refractivity contribution in [2.75, 3.05) is 17.3 Å². The average molecular weight is 721 g/mol. The predicted octanol–water partition coefficient (Wildman–Crippen LogP) is 17.9. The van der Waals surface area contributed by atoms with Crippen LogP contribution in [0.5, 0.6) is 0 Å². The van der Waals surface area contributed by atoms with E-state index in [9.17, 15) is 0 Å². The fourth-order valence-electron chi connectivity index (χ4n) is 6.66. The van der Waals surface area contributed by atoms with Crippen LogP contribution >= 0.6 is 35.3 Å². The van der Waals surface area contributed by atoms with Gasteiger partial charge in [0.2, 0.25) is 0 Å². The summed E-state index contributed by atoms with van der Waals surface area (Å²) in [5, 5.41) is 0. The Labute approximate surface area is 316 Å². The van der Waals surface area contributed by atoms with E-state index >= 15 is 0 Å². The summed E-state index contributed by atoms with van der Waals surface area (Å²) in [5.74, 6) is 3.85. The second-order valence-corrected chi connectivity index (χ2v) is 18.3. The van der Waals surface area contributed by atoms with Gasteiger partial charge in [-0.3, -0.25) is 0 Å². The molecule has 282 valence electrons. The maximum absolute atomic E-state index is 2.51. The fraction of sp³-hybridized carbons (Fsp3) is 0.867. The molecule has 0 atom stereocenters. The lowest BCUT2D eigenvalue weighted by Crippen LogP contribution is -1.88. The lowest BCUT2D eigenvalue weighted by atomic mass is 10.1. The Kier molecular flexibility index (Phi) is 37.1. The van der Waals surface area contributed by atoms with E-state index < -0.39 is 0 Å². The van der Waals surface area contributed by atoms with Crippen molar-refractivity contribution in [1.29, 1.82) is 0 Å². The Morgan fingerprint density at radius 1 is 0.250 bits per heavy atom. The summed E-state index contributed by atoms with van der Waals surface area (Å²) in [6.07, 6.45) is 47.2. The maximum atomic E-state index is 2.51. The molecule has 0 aliphatic heterocycles. The van der Waals surface area contributed by atoms with Crippen molar-refractivity contribution in [3.63, 3.8) is 0 Å². The summed E-state index contributed by atoms with van der Waals surface area (Å²) in [6, 6.07) is 7.54. The van der Waals surface area contributed by atoms with Gasteiger partial charge in [-0.1, -0.05) is 213 Å².